The average Bonchev–Trinajstić information content (AvgIpc) is 3.30. The van der Waals surface area contributed by atoms with E-state index >= 15 is 0 Å². The van der Waals surface area contributed by atoms with Gasteiger partial charge in [0.2, 0.25) is 0 Å². The van der Waals surface area contributed by atoms with E-state index < -0.39 is 17.6 Å². The van der Waals surface area contributed by atoms with E-state index in [0.717, 1.165) is 0 Å². The Morgan fingerprint density at radius 3 is 2.37 bits per heavy atom. The summed E-state index contributed by atoms with van der Waals surface area (Å²) in [6.45, 7) is 0. The predicted octanol–water partition coefficient (Wildman–Crippen LogP) is 4.31. The summed E-state index contributed by atoms with van der Waals surface area (Å²) in [6, 6.07) is 13.8. The molecule has 1 heterocycles. The van der Waals surface area contributed by atoms with Gasteiger partial charge in [0.15, 0.2) is 11.5 Å². The Balaban J connectivity index is 1.91. The van der Waals surface area contributed by atoms with Crippen LogP contribution in [-0.4, -0.2) is 26.0 Å². The molecule has 0 saturated heterocycles. The average molecular weight is 426 g/mol. The Hall–Kier alpha value is -3.65. The summed E-state index contributed by atoms with van der Waals surface area (Å²) in [5.41, 5.74) is 1.03. The molecule has 154 valence electrons. The zero-order chi connectivity index (χ0) is 21.5. The van der Waals surface area contributed by atoms with Crippen LogP contribution in [0.4, 0.5) is 10.1 Å². The SMILES string of the molecule is COc1ccc(C=C(NC(=O)c2cccs2)C(=O)Nc2ccc(F)cc2)cc1OC. The van der Waals surface area contributed by atoms with Gasteiger partial charge in [0.1, 0.15) is 11.5 Å². The fraction of sp³-hybridized carbons (Fsp3) is 0.0909. The smallest absolute Gasteiger partial charge is 0.272 e. The van der Waals surface area contributed by atoms with Gasteiger partial charge in [-0.1, -0.05) is 12.1 Å². The van der Waals surface area contributed by atoms with Gasteiger partial charge in [0.05, 0.1) is 19.1 Å². The molecule has 6 nitrogen and oxygen atoms in total. The third-order valence-corrected chi connectivity index (χ3v) is 4.93. The molecule has 2 aromatic carbocycles. The number of hydrogen-bond donors (Lipinski definition) is 2. The molecule has 0 radical (unpaired) electrons. The quantitative estimate of drug-likeness (QED) is 0.552. The number of benzene rings is 2. The highest BCUT2D eigenvalue weighted by Crippen LogP contribution is 2.28. The molecule has 3 aromatic rings. The molecule has 0 aliphatic rings. The number of amides is 2. The summed E-state index contributed by atoms with van der Waals surface area (Å²) in [5.74, 6) is -0.365. The lowest BCUT2D eigenvalue weighted by Gasteiger charge is -2.12. The fourth-order valence-electron chi connectivity index (χ4n) is 2.59. The summed E-state index contributed by atoms with van der Waals surface area (Å²) in [7, 11) is 3.03. The normalized spacial score (nSPS) is 11.0. The van der Waals surface area contributed by atoms with Crippen molar-refractivity contribution in [1.82, 2.24) is 5.32 Å². The van der Waals surface area contributed by atoms with Crippen molar-refractivity contribution in [3.63, 3.8) is 0 Å². The Morgan fingerprint density at radius 2 is 1.73 bits per heavy atom. The van der Waals surface area contributed by atoms with Crippen molar-refractivity contribution in [1.29, 1.82) is 0 Å². The minimum absolute atomic E-state index is 0.0185. The zero-order valence-electron chi connectivity index (χ0n) is 16.3. The number of anilines is 1. The first-order valence-corrected chi connectivity index (χ1v) is 9.73. The van der Waals surface area contributed by atoms with Crippen LogP contribution in [0.2, 0.25) is 0 Å². The molecule has 0 aliphatic carbocycles. The number of nitrogens with one attached hydrogen (secondary N) is 2. The van der Waals surface area contributed by atoms with E-state index in [1.54, 1.807) is 35.7 Å². The molecule has 0 saturated carbocycles. The minimum Gasteiger partial charge on any atom is -0.493 e. The Morgan fingerprint density at radius 1 is 1.00 bits per heavy atom. The molecule has 3 rings (SSSR count). The minimum atomic E-state index is -0.554. The van der Waals surface area contributed by atoms with Crippen molar-refractivity contribution in [2.45, 2.75) is 0 Å². The van der Waals surface area contributed by atoms with Gasteiger partial charge in [-0.25, -0.2) is 4.39 Å². The molecule has 0 unspecified atom stereocenters. The van der Waals surface area contributed by atoms with Gasteiger partial charge in [-0.15, -0.1) is 11.3 Å². The van der Waals surface area contributed by atoms with Crippen LogP contribution in [0.25, 0.3) is 6.08 Å². The highest BCUT2D eigenvalue weighted by Gasteiger charge is 2.16. The first-order chi connectivity index (χ1) is 14.5. The summed E-state index contributed by atoms with van der Waals surface area (Å²) in [5, 5.41) is 7.06. The number of methoxy groups -OCH3 is 2. The molecule has 0 atom stereocenters. The Labute approximate surface area is 177 Å². The van der Waals surface area contributed by atoms with E-state index in [1.165, 1.54) is 55.9 Å². The van der Waals surface area contributed by atoms with E-state index in [0.29, 0.717) is 27.6 Å². The van der Waals surface area contributed by atoms with Crippen LogP contribution in [0.15, 0.2) is 65.7 Å². The standard InChI is InChI=1S/C22H19FN2O4S/c1-28-18-10-5-14(13-19(18)29-2)12-17(25-22(27)20-4-3-11-30-20)21(26)24-16-8-6-15(23)7-9-16/h3-13H,1-2H3,(H,24,26)(H,25,27). The number of thiophene rings is 1. The molecule has 0 bridgehead atoms. The fourth-order valence-corrected chi connectivity index (χ4v) is 3.21. The largest absolute Gasteiger partial charge is 0.493 e. The summed E-state index contributed by atoms with van der Waals surface area (Å²) >= 11 is 1.26. The second-order valence-corrected chi connectivity index (χ2v) is 7.01. The molecule has 8 heteroatoms. The first-order valence-electron chi connectivity index (χ1n) is 8.85. The van der Waals surface area contributed by atoms with Gasteiger partial charge in [-0.3, -0.25) is 9.59 Å². The molecule has 0 spiro atoms. The Bertz CT molecular complexity index is 1060. The van der Waals surface area contributed by atoms with Gasteiger partial charge < -0.3 is 20.1 Å². The van der Waals surface area contributed by atoms with Crippen molar-refractivity contribution in [2.24, 2.45) is 0 Å². The van der Waals surface area contributed by atoms with Crippen molar-refractivity contribution in [3.05, 3.63) is 81.9 Å². The van der Waals surface area contributed by atoms with Crippen LogP contribution in [0.5, 0.6) is 11.5 Å². The summed E-state index contributed by atoms with van der Waals surface area (Å²) < 4.78 is 23.6. The van der Waals surface area contributed by atoms with Crippen molar-refractivity contribution in [3.8, 4) is 11.5 Å². The molecule has 2 amide bonds. The molecule has 0 fully saturated rings. The van der Waals surface area contributed by atoms with Gasteiger partial charge in [-0.2, -0.15) is 0 Å². The molecule has 1 aromatic heterocycles. The predicted molar refractivity (Wildman–Crippen MR) is 114 cm³/mol. The zero-order valence-corrected chi connectivity index (χ0v) is 17.1. The van der Waals surface area contributed by atoms with E-state index in [-0.39, 0.29) is 5.70 Å². The van der Waals surface area contributed by atoms with Crippen molar-refractivity contribution >= 4 is 34.9 Å². The molecular weight excluding hydrogens is 407 g/mol. The number of carbonyl (C=O) groups is 2. The second kappa shape index (κ2) is 9.71. The van der Waals surface area contributed by atoms with Gasteiger partial charge in [0.25, 0.3) is 11.8 Å². The topological polar surface area (TPSA) is 76.7 Å². The van der Waals surface area contributed by atoms with Crippen LogP contribution in [-0.2, 0) is 4.79 Å². The van der Waals surface area contributed by atoms with Crippen LogP contribution in [0.3, 0.4) is 0 Å². The summed E-state index contributed by atoms with van der Waals surface area (Å²) in [4.78, 5) is 25.8. The molecule has 30 heavy (non-hydrogen) atoms. The molecular formula is C22H19FN2O4S. The van der Waals surface area contributed by atoms with Crippen molar-refractivity contribution in [2.75, 3.05) is 19.5 Å². The lowest BCUT2D eigenvalue weighted by molar-refractivity contribution is -0.113. The van der Waals surface area contributed by atoms with Crippen LogP contribution in [0.1, 0.15) is 15.2 Å². The van der Waals surface area contributed by atoms with E-state index in [4.69, 9.17) is 9.47 Å². The highest BCUT2D eigenvalue weighted by atomic mass is 32.1. The lowest BCUT2D eigenvalue weighted by atomic mass is 10.1. The number of rotatable bonds is 7. The third kappa shape index (κ3) is 5.24. The van der Waals surface area contributed by atoms with Crippen molar-refractivity contribution < 1.29 is 23.5 Å². The van der Waals surface area contributed by atoms with Gasteiger partial charge in [0, 0.05) is 5.69 Å². The second-order valence-electron chi connectivity index (χ2n) is 6.06. The first kappa shape index (κ1) is 21.1. The van der Waals surface area contributed by atoms with Crippen LogP contribution < -0.4 is 20.1 Å². The third-order valence-electron chi connectivity index (χ3n) is 4.06. The number of hydrogen-bond acceptors (Lipinski definition) is 5. The molecule has 0 aliphatic heterocycles. The lowest BCUT2D eigenvalue weighted by Crippen LogP contribution is -2.30. The maximum Gasteiger partial charge on any atom is 0.272 e. The Kier molecular flexibility index (Phi) is 6.82. The number of halogens is 1. The highest BCUT2D eigenvalue weighted by molar-refractivity contribution is 7.12. The summed E-state index contributed by atoms with van der Waals surface area (Å²) in [6.07, 6.45) is 1.52. The molecule has 2 N–H and O–H groups in total. The number of carbonyl (C=O) groups excluding carboxylic acids is 2. The van der Waals surface area contributed by atoms with Crippen LogP contribution >= 0.6 is 11.3 Å². The maximum atomic E-state index is 13.1. The number of ether oxygens (including phenoxy) is 2. The van der Waals surface area contributed by atoms with E-state index in [9.17, 15) is 14.0 Å². The van der Waals surface area contributed by atoms with Gasteiger partial charge in [-0.05, 0) is 59.5 Å². The van der Waals surface area contributed by atoms with Crippen LogP contribution in [0, 0.1) is 5.82 Å². The van der Waals surface area contributed by atoms with E-state index in [1.807, 2.05) is 0 Å². The van der Waals surface area contributed by atoms with E-state index in [2.05, 4.69) is 10.6 Å². The maximum absolute atomic E-state index is 13.1. The van der Waals surface area contributed by atoms with Gasteiger partial charge >= 0.3 is 0 Å². The monoisotopic (exact) mass is 426 g/mol.